The summed E-state index contributed by atoms with van der Waals surface area (Å²) in [6.45, 7) is 0. The molecule has 156 valence electrons. The van der Waals surface area contributed by atoms with Crippen LogP contribution in [0.2, 0.25) is 0 Å². The van der Waals surface area contributed by atoms with E-state index in [0.29, 0.717) is 30.3 Å². The molecule has 2 aromatic carbocycles. The van der Waals surface area contributed by atoms with E-state index in [1.165, 1.54) is 18.8 Å². The van der Waals surface area contributed by atoms with Crippen molar-refractivity contribution in [3.63, 3.8) is 0 Å². The van der Waals surface area contributed by atoms with E-state index in [1.807, 2.05) is 24.3 Å². The van der Waals surface area contributed by atoms with Crippen molar-refractivity contribution < 1.29 is 23.9 Å². The highest BCUT2D eigenvalue weighted by Gasteiger charge is 2.30. The zero-order valence-electron chi connectivity index (χ0n) is 16.5. The number of hydrogen-bond acceptors (Lipinski definition) is 7. The molecular formula is C22H16N2O5S2. The maximum atomic E-state index is 12.7. The van der Waals surface area contributed by atoms with Crippen LogP contribution in [0, 0.1) is 0 Å². The SMILES string of the molecule is COC(=O)c1c(-c2ccccc2)n(C(=O)OC)c2sc(=NC(=O)c3ccccc3)sc12. The van der Waals surface area contributed by atoms with Crippen LogP contribution in [-0.4, -0.2) is 36.8 Å². The third kappa shape index (κ3) is 3.80. The molecular weight excluding hydrogens is 436 g/mol. The lowest BCUT2D eigenvalue weighted by Gasteiger charge is -2.09. The number of carbonyl (C=O) groups excluding carboxylic acids is 3. The number of carbonyl (C=O) groups is 3. The lowest BCUT2D eigenvalue weighted by Crippen LogP contribution is -2.14. The Morgan fingerprint density at radius 1 is 0.871 bits per heavy atom. The van der Waals surface area contributed by atoms with Crippen molar-refractivity contribution in [2.45, 2.75) is 0 Å². The number of methoxy groups -OCH3 is 2. The van der Waals surface area contributed by atoms with Gasteiger partial charge in [-0.25, -0.2) is 14.2 Å². The molecule has 0 N–H and O–H groups in total. The van der Waals surface area contributed by atoms with E-state index in [-0.39, 0.29) is 5.56 Å². The van der Waals surface area contributed by atoms with Gasteiger partial charge in [0.15, 0.2) is 3.98 Å². The van der Waals surface area contributed by atoms with Crippen LogP contribution in [-0.2, 0) is 9.47 Å². The molecule has 0 aliphatic heterocycles. The molecule has 4 aromatic rings. The predicted octanol–water partition coefficient (Wildman–Crippen LogP) is 4.57. The minimum atomic E-state index is -0.658. The number of fused-ring (bicyclic) bond motifs is 1. The van der Waals surface area contributed by atoms with Gasteiger partial charge in [0.2, 0.25) is 0 Å². The highest BCUT2D eigenvalue weighted by atomic mass is 32.2. The Balaban J connectivity index is 2.00. The Morgan fingerprint density at radius 3 is 2.13 bits per heavy atom. The van der Waals surface area contributed by atoms with Crippen molar-refractivity contribution in [2.24, 2.45) is 4.99 Å². The van der Waals surface area contributed by atoms with E-state index >= 15 is 0 Å². The smallest absolute Gasteiger partial charge is 0.419 e. The molecule has 2 heterocycles. The van der Waals surface area contributed by atoms with Crippen LogP contribution in [0.4, 0.5) is 4.79 Å². The highest BCUT2D eigenvalue weighted by molar-refractivity contribution is 7.35. The molecule has 0 spiro atoms. The number of aromatic nitrogens is 1. The third-order valence-electron chi connectivity index (χ3n) is 4.47. The number of hydrogen-bond donors (Lipinski definition) is 0. The minimum absolute atomic E-state index is 0.226. The number of nitrogens with zero attached hydrogens (tertiary/aromatic N) is 2. The topological polar surface area (TPSA) is 87.0 Å². The number of amides is 1. The van der Waals surface area contributed by atoms with E-state index in [0.717, 1.165) is 22.7 Å². The Hall–Kier alpha value is -3.56. The van der Waals surface area contributed by atoms with Gasteiger partial charge in [0.1, 0.15) is 10.4 Å². The second-order valence-electron chi connectivity index (χ2n) is 6.27. The molecule has 0 atom stereocenters. The minimum Gasteiger partial charge on any atom is -0.465 e. The summed E-state index contributed by atoms with van der Waals surface area (Å²) >= 11 is 2.28. The first kappa shape index (κ1) is 20.7. The monoisotopic (exact) mass is 452 g/mol. The first-order valence-electron chi connectivity index (χ1n) is 9.09. The van der Waals surface area contributed by atoms with Gasteiger partial charge in [-0.05, 0) is 17.7 Å². The predicted molar refractivity (Wildman–Crippen MR) is 119 cm³/mol. The zero-order valence-corrected chi connectivity index (χ0v) is 18.2. The maximum absolute atomic E-state index is 12.7. The summed E-state index contributed by atoms with van der Waals surface area (Å²) < 4.78 is 12.2. The fourth-order valence-corrected chi connectivity index (χ4v) is 5.52. The molecule has 9 heteroatoms. The van der Waals surface area contributed by atoms with Gasteiger partial charge in [0, 0.05) is 5.56 Å². The van der Waals surface area contributed by atoms with Gasteiger partial charge in [0.05, 0.1) is 24.6 Å². The summed E-state index contributed by atoms with van der Waals surface area (Å²) in [5.74, 6) is -1.00. The largest absolute Gasteiger partial charge is 0.465 e. The normalized spacial score (nSPS) is 11.5. The van der Waals surface area contributed by atoms with Crippen molar-refractivity contribution in [1.82, 2.24) is 4.57 Å². The van der Waals surface area contributed by atoms with E-state index in [4.69, 9.17) is 9.47 Å². The number of ether oxygens (including phenoxy) is 2. The van der Waals surface area contributed by atoms with Crippen LogP contribution in [0.15, 0.2) is 65.7 Å². The summed E-state index contributed by atoms with van der Waals surface area (Å²) in [6.07, 6.45) is -0.658. The Bertz CT molecular complexity index is 1300. The fourth-order valence-electron chi connectivity index (χ4n) is 3.11. The third-order valence-corrected chi connectivity index (χ3v) is 6.81. The number of rotatable bonds is 3. The first-order chi connectivity index (χ1) is 15.0. The van der Waals surface area contributed by atoms with Gasteiger partial charge in [-0.15, -0.1) is 11.3 Å². The maximum Gasteiger partial charge on any atom is 0.419 e. The summed E-state index contributed by atoms with van der Waals surface area (Å²) in [4.78, 5) is 42.6. The molecule has 1 amide bonds. The molecule has 0 aliphatic carbocycles. The van der Waals surface area contributed by atoms with Crippen LogP contribution < -0.4 is 3.98 Å². The average Bonchev–Trinajstić information content (AvgIpc) is 3.35. The molecule has 0 fully saturated rings. The molecule has 0 saturated carbocycles. The Kier molecular flexibility index (Phi) is 5.79. The van der Waals surface area contributed by atoms with Crippen LogP contribution >= 0.6 is 22.7 Å². The first-order valence-corrected chi connectivity index (χ1v) is 10.7. The standard InChI is InChI=1S/C22H16N2O5S2/c1-28-20(26)15-16(13-9-5-3-6-10-13)24(22(27)29-2)19-17(15)30-21(31-19)23-18(25)14-11-7-4-8-12-14/h3-12H,1-2H3. The van der Waals surface area contributed by atoms with Crippen molar-refractivity contribution in [3.05, 3.63) is 75.8 Å². The van der Waals surface area contributed by atoms with Crippen LogP contribution in [0.1, 0.15) is 20.7 Å². The molecule has 0 unspecified atom stereocenters. The van der Waals surface area contributed by atoms with Crippen molar-refractivity contribution in [1.29, 1.82) is 0 Å². The van der Waals surface area contributed by atoms with E-state index < -0.39 is 18.0 Å². The van der Waals surface area contributed by atoms with Gasteiger partial charge in [-0.2, -0.15) is 4.99 Å². The van der Waals surface area contributed by atoms with Crippen LogP contribution in [0.25, 0.3) is 20.8 Å². The van der Waals surface area contributed by atoms with Gasteiger partial charge < -0.3 is 9.47 Å². The second kappa shape index (κ2) is 8.66. The summed E-state index contributed by atoms with van der Waals surface area (Å²) in [5, 5.41) is 0. The molecule has 4 rings (SSSR count). The van der Waals surface area contributed by atoms with Gasteiger partial charge in [0.25, 0.3) is 5.91 Å². The van der Waals surface area contributed by atoms with Crippen LogP contribution in [0.5, 0.6) is 0 Å². The summed E-state index contributed by atoms with van der Waals surface area (Å²) in [6, 6.07) is 17.7. The van der Waals surface area contributed by atoms with E-state index in [9.17, 15) is 14.4 Å². The Labute approximate surface area is 184 Å². The number of benzene rings is 2. The summed E-state index contributed by atoms with van der Waals surface area (Å²) in [5.41, 5.74) is 1.70. The molecule has 31 heavy (non-hydrogen) atoms. The van der Waals surface area contributed by atoms with Crippen LogP contribution in [0.3, 0.4) is 0 Å². The molecule has 0 bridgehead atoms. The van der Waals surface area contributed by atoms with Crippen molar-refractivity contribution in [3.8, 4) is 11.3 Å². The lowest BCUT2D eigenvalue weighted by molar-refractivity contribution is 0.0604. The highest BCUT2D eigenvalue weighted by Crippen LogP contribution is 2.38. The summed E-state index contributed by atoms with van der Waals surface area (Å²) in [7, 11) is 2.54. The Morgan fingerprint density at radius 2 is 1.52 bits per heavy atom. The van der Waals surface area contributed by atoms with Gasteiger partial charge >= 0.3 is 12.1 Å². The lowest BCUT2D eigenvalue weighted by atomic mass is 10.1. The van der Waals surface area contributed by atoms with E-state index in [1.54, 1.807) is 36.4 Å². The van der Waals surface area contributed by atoms with Gasteiger partial charge in [-0.3, -0.25) is 4.79 Å². The van der Waals surface area contributed by atoms with Crippen molar-refractivity contribution >= 4 is 50.2 Å². The van der Waals surface area contributed by atoms with E-state index in [2.05, 4.69) is 4.99 Å². The molecule has 0 saturated heterocycles. The molecule has 2 aromatic heterocycles. The molecule has 0 radical (unpaired) electrons. The quantitative estimate of drug-likeness (QED) is 0.425. The molecule has 7 nitrogen and oxygen atoms in total. The zero-order chi connectivity index (χ0) is 22.0. The second-order valence-corrected chi connectivity index (χ2v) is 8.51. The average molecular weight is 453 g/mol. The van der Waals surface area contributed by atoms with Gasteiger partial charge in [-0.1, -0.05) is 59.9 Å². The molecule has 0 aliphatic rings. The van der Waals surface area contributed by atoms with Crippen molar-refractivity contribution in [2.75, 3.05) is 14.2 Å². The fraction of sp³-hybridized carbons (Fsp3) is 0.0909. The number of esters is 1.